The molecule has 0 bridgehead atoms. The van der Waals surface area contributed by atoms with Gasteiger partial charge < -0.3 is 10.6 Å². The van der Waals surface area contributed by atoms with Crippen LogP contribution in [0.4, 0.5) is 13.6 Å². The second-order valence-corrected chi connectivity index (χ2v) is 2.05. The van der Waals surface area contributed by atoms with Crippen LogP contribution in [0.15, 0.2) is 0 Å². The number of rotatable bonds is 0. The van der Waals surface area contributed by atoms with Crippen molar-refractivity contribution < 1.29 is 13.6 Å². The van der Waals surface area contributed by atoms with Gasteiger partial charge in [-0.3, -0.25) is 0 Å². The molecule has 2 amide bonds. The summed E-state index contributed by atoms with van der Waals surface area (Å²) < 4.78 is 23.8. The summed E-state index contributed by atoms with van der Waals surface area (Å²) in [5, 5.41) is 0. The lowest BCUT2D eigenvalue weighted by molar-refractivity contribution is -0.108. The number of carbonyl (C=O) groups is 1. The van der Waals surface area contributed by atoms with E-state index >= 15 is 0 Å². The maximum absolute atomic E-state index is 11.9. The third kappa shape index (κ3) is 1.09. The van der Waals surface area contributed by atoms with Crippen molar-refractivity contribution in [2.24, 2.45) is 5.73 Å². The highest BCUT2D eigenvalue weighted by Gasteiger charge is 2.45. The van der Waals surface area contributed by atoms with E-state index in [4.69, 9.17) is 0 Å². The second-order valence-electron chi connectivity index (χ2n) is 2.05. The van der Waals surface area contributed by atoms with E-state index in [9.17, 15) is 13.6 Å². The molecule has 1 aliphatic rings. The van der Waals surface area contributed by atoms with Crippen molar-refractivity contribution in [2.75, 3.05) is 13.1 Å². The van der Waals surface area contributed by atoms with Crippen LogP contribution in [0.2, 0.25) is 0 Å². The van der Waals surface area contributed by atoms with Gasteiger partial charge in [-0.05, 0) is 0 Å². The van der Waals surface area contributed by atoms with E-state index in [0.717, 1.165) is 4.90 Å². The minimum atomic E-state index is -2.70. The number of nitrogens with zero attached hydrogens (tertiary/aromatic N) is 1. The number of likely N-dealkylation sites (tertiary alicyclic amines) is 1. The van der Waals surface area contributed by atoms with Crippen LogP contribution in [0, 0.1) is 0 Å². The van der Waals surface area contributed by atoms with Crippen LogP contribution in [-0.4, -0.2) is 29.9 Å². The third-order valence-electron chi connectivity index (χ3n) is 1.16. The molecule has 0 atom stereocenters. The molecule has 52 valence electrons. The molecule has 3 nitrogen and oxygen atoms in total. The highest BCUT2D eigenvalue weighted by molar-refractivity contribution is 5.73. The molecule has 1 fully saturated rings. The molecule has 2 N–H and O–H groups in total. The fraction of sp³-hybridized carbons (Fsp3) is 0.750. The zero-order chi connectivity index (χ0) is 7.07. The number of urea groups is 1. The normalized spacial score (nSPS) is 23.1. The van der Waals surface area contributed by atoms with Gasteiger partial charge in [-0.1, -0.05) is 0 Å². The van der Waals surface area contributed by atoms with Crippen LogP contribution >= 0.6 is 0 Å². The largest absolute Gasteiger partial charge is 0.351 e. The first-order chi connectivity index (χ1) is 4.01. The Balaban J connectivity index is 2.35. The maximum atomic E-state index is 11.9. The quantitative estimate of drug-likeness (QED) is 0.501. The predicted octanol–water partition coefficient (Wildman–Crippen LogP) is 0.0160. The first-order valence-electron chi connectivity index (χ1n) is 2.43. The van der Waals surface area contributed by atoms with Gasteiger partial charge in [0.1, 0.15) is 0 Å². The summed E-state index contributed by atoms with van der Waals surface area (Å²) in [4.78, 5) is 11.0. The van der Waals surface area contributed by atoms with Gasteiger partial charge in [-0.25, -0.2) is 13.6 Å². The molecule has 9 heavy (non-hydrogen) atoms. The first-order valence-corrected chi connectivity index (χ1v) is 2.43. The van der Waals surface area contributed by atoms with E-state index in [1.165, 1.54) is 0 Å². The first kappa shape index (κ1) is 6.25. The van der Waals surface area contributed by atoms with Crippen molar-refractivity contribution >= 4 is 6.03 Å². The number of hydrogen-bond acceptors (Lipinski definition) is 1. The van der Waals surface area contributed by atoms with Crippen LogP contribution in [0.1, 0.15) is 0 Å². The van der Waals surface area contributed by atoms with E-state index in [2.05, 4.69) is 5.73 Å². The monoisotopic (exact) mass is 136 g/mol. The zero-order valence-electron chi connectivity index (χ0n) is 4.60. The topological polar surface area (TPSA) is 46.3 Å². The predicted molar refractivity (Wildman–Crippen MR) is 26.1 cm³/mol. The molecule has 5 heteroatoms. The molecule has 0 radical (unpaired) electrons. The highest BCUT2D eigenvalue weighted by Crippen LogP contribution is 2.25. The van der Waals surface area contributed by atoms with Crippen molar-refractivity contribution in [3.05, 3.63) is 0 Å². The van der Waals surface area contributed by atoms with E-state index < -0.39 is 25.0 Å². The van der Waals surface area contributed by atoms with E-state index in [0.29, 0.717) is 0 Å². The molecule has 1 saturated heterocycles. The summed E-state index contributed by atoms with van der Waals surface area (Å²) in [6.07, 6.45) is 0. The Morgan fingerprint density at radius 2 is 2.00 bits per heavy atom. The van der Waals surface area contributed by atoms with Gasteiger partial charge in [-0.15, -0.1) is 0 Å². The third-order valence-corrected chi connectivity index (χ3v) is 1.16. The lowest BCUT2D eigenvalue weighted by Crippen LogP contribution is -2.59. The Morgan fingerprint density at radius 1 is 1.56 bits per heavy atom. The summed E-state index contributed by atoms with van der Waals surface area (Å²) in [6.45, 7) is -1.05. The number of alkyl halides is 2. The Morgan fingerprint density at radius 3 is 2.11 bits per heavy atom. The second kappa shape index (κ2) is 1.55. The molecule has 1 heterocycles. The SMILES string of the molecule is NC(=O)N1CC(F)(F)C1. The van der Waals surface area contributed by atoms with E-state index in [-0.39, 0.29) is 0 Å². The number of amides is 2. The molecule has 0 aromatic carbocycles. The minimum absolute atomic E-state index is 0.525. The molecule has 0 saturated carbocycles. The van der Waals surface area contributed by atoms with Crippen LogP contribution in [0.3, 0.4) is 0 Å². The molecule has 0 aromatic heterocycles. The lowest BCUT2D eigenvalue weighted by atomic mass is 10.2. The zero-order valence-corrected chi connectivity index (χ0v) is 4.60. The minimum Gasteiger partial charge on any atom is -0.351 e. The van der Waals surface area contributed by atoms with Gasteiger partial charge in [-0.2, -0.15) is 0 Å². The fourth-order valence-electron chi connectivity index (χ4n) is 0.668. The van der Waals surface area contributed by atoms with Crippen molar-refractivity contribution in [1.29, 1.82) is 0 Å². The molecule has 0 spiro atoms. The number of hydrogen-bond donors (Lipinski definition) is 1. The van der Waals surface area contributed by atoms with Crippen LogP contribution < -0.4 is 5.73 Å². The molecule has 0 aliphatic carbocycles. The highest BCUT2D eigenvalue weighted by atomic mass is 19.3. The number of carbonyl (C=O) groups excluding carboxylic acids is 1. The summed E-state index contributed by atoms with van der Waals surface area (Å²) in [7, 11) is 0. The average molecular weight is 136 g/mol. The van der Waals surface area contributed by atoms with Gasteiger partial charge >= 0.3 is 6.03 Å². The molecular weight excluding hydrogens is 130 g/mol. The lowest BCUT2D eigenvalue weighted by Gasteiger charge is -2.37. The van der Waals surface area contributed by atoms with Crippen molar-refractivity contribution in [3.8, 4) is 0 Å². The van der Waals surface area contributed by atoms with Crippen LogP contribution in [0.5, 0.6) is 0 Å². The van der Waals surface area contributed by atoms with E-state index in [1.807, 2.05) is 0 Å². The summed E-state index contributed by atoms with van der Waals surface area (Å²) in [5.41, 5.74) is 4.67. The average Bonchev–Trinajstić information content (AvgIpc) is 1.59. The van der Waals surface area contributed by atoms with Crippen LogP contribution in [0.25, 0.3) is 0 Å². The molecule has 1 rings (SSSR count). The van der Waals surface area contributed by atoms with Crippen molar-refractivity contribution in [3.63, 3.8) is 0 Å². The van der Waals surface area contributed by atoms with Gasteiger partial charge in [0.25, 0.3) is 5.92 Å². The van der Waals surface area contributed by atoms with Gasteiger partial charge in [0.15, 0.2) is 0 Å². The molecule has 1 aliphatic heterocycles. The van der Waals surface area contributed by atoms with Gasteiger partial charge in [0.05, 0.1) is 13.1 Å². The maximum Gasteiger partial charge on any atom is 0.315 e. The Hall–Kier alpha value is -0.870. The van der Waals surface area contributed by atoms with Crippen LogP contribution in [-0.2, 0) is 0 Å². The van der Waals surface area contributed by atoms with Gasteiger partial charge in [0.2, 0.25) is 0 Å². The number of halogens is 2. The van der Waals surface area contributed by atoms with E-state index in [1.54, 1.807) is 0 Å². The van der Waals surface area contributed by atoms with Crippen molar-refractivity contribution in [2.45, 2.75) is 5.92 Å². The summed E-state index contributed by atoms with van der Waals surface area (Å²) in [6, 6.07) is -0.777. The standard InChI is InChI=1S/C4H6F2N2O/c5-4(6)1-8(2-4)3(7)9/h1-2H2,(H2,7,9). The summed E-state index contributed by atoms with van der Waals surface area (Å²) >= 11 is 0. The molecule has 0 aromatic rings. The Labute approximate surface area is 50.4 Å². The molecule has 0 unspecified atom stereocenters. The fourth-order valence-corrected chi connectivity index (χ4v) is 0.668. The summed E-state index contributed by atoms with van der Waals surface area (Å²) in [5.74, 6) is -2.70. The van der Waals surface area contributed by atoms with Crippen molar-refractivity contribution in [1.82, 2.24) is 4.90 Å². The Bertz CT molecular complexity index is 140. The van der Waals surface area contributed by atoms with Gasteiger partial charge in [0, 0.05) is 0 Å². The Kier molecular flexibility index (Phi) is 1.08. The smallest absolute Gasteiger partial charge is 0.315 e. The molecular formula is C4H6F2N2O. The number of nitrogens with two attached hydrogens (primary N) is 1. The number of primary amides is 1.